The van der Waals surface area contributed by atoms with Gasteiger partial charge in [-0.2, -0.15) is 0 Å². The predicted molar refractivity (Wildman–Crippen MR) is 34.6 cm³/mol. The average Bonchev–Trinajstić information content (AvgIpc) is 1.69. The van der Waals surface area contributed by atoms with E-state index in [-0.39, 0.29) is 4.11 Å². The molecule has 0 radical (unpaired) electrons. The zero-order valence-corrected chi connectivity index (χ0v) is 6.05. The fourth-order valence-electron chi connectivity index (χ4n) is 0.459. The van der Waals surface area contributed by atoms with Crippen molar-refractivity contribution >= 4 is 22.6 Å². The van der Waals surface area contributed by atoms with Crippen molar-refractivity contribution in [1.29, 1.82) is 0 Å². The third-order valence-corrected chi connectivity index (χ3v) is 1.49. The molecular weight excluding hydrogens is 207 g/mol. The smallest absolute Gasteiger partial charge is 0.132 e. The molecule has 0 aliphatic carbocycles. The van der Waals surface area contributed by atoms with Gasteiger partial charge in [-0.05, 0) is 22.6 Å². The molecule has 0 aromatic heterocycles. The standard InChI is InChI=1S/C4H7IO2/c5-4-3-6-1-2-7-4/h4H,1-3H2. The van der Waals surface area contributed by atoms with Crippen LogP contribution in [-0.4, -0.2) is 23.9 Å². The second kappa shape index (κ2) is 2.84. The van der Waals surface area contributed by atoms with Crippen LogP contribution in [0.15, 0.2) is 0 Å². The summed E-state index contributed by atoms with van der Waals surface area (Å²) >= 11 is 2.21. The van der Waals surface area contributed by atoms with Crippen molar-refractivity contribution in [2.45, 2.75) is 4.11 Å². The first-order chi connectivity index (χ1) is 3.39. The molecule has 1 rings (SSSR count). The zero-order chi connectivity index (χ0) is 5.11. The van der Waals surface area contributed by atoms with Crippen LogP contribution >= 0.6 is 22.6 Å². The minimum Gasteiger partial charge on any atom is -0.376 e. The van der Waals surface area contributed by atoms with Gasteiger partial charge in [-0.25, -0.2) is 0 Å². The summed E-state index contributed by atoms with van der Waals surface area (Å²) in [7, 11) is 0. The van der Waals surface area contributed by atoms with E-state index in [2.05, 4.69) is 22.6 Å². The van der Waals surface area contributed by atoms with E-state index in [4.69, 9.17) is 9.47 Å². The first kappa shape index (κ1) is 5.78. The Morgan fingerprint density at radius 3 is 2.57 bits per heavy atom. The maximum absolute atomic E-state index is 5.14. The van der Waals surface area contributed by atoms with Gasteiger partial charge in [0.2, 0.25) is 0 Å². The lowest BCUT2D eigenvalue weighted by Crippen LogP contribution is -2.22. The van der Waals surface area contributed by atoms with Gasteiger partial charge in [-0.3, -0.25) is 0 Å². The molecule has 1 atom stereocenters. The fourth-order valence-corrected chi connectivity index (χ4v) is 0.968. The summed E-state index contributed by atoms with van der Waals surface area (Å²) in [6.45, 7) is 2.27. The summed E-state index contributed by atoms with van der Waals surface area (Å²) in [6, 6.07) is 0. The molecule has 1 saturated heterocycles. The lowest BCUT2D eigenvalue weighted by molar-refractivity contribution is -0.0426. The van der Waals surface area contributed by atoms with E-state index in [0.717, 1.165) is 19.8 Å². The molecule has 3 heteroatoms. The van der Waals surface area contributed by atoms with E-state index in [1.54, 1.807) is 0 Å². The van der Waals surface area contributed by atoms with E-state index in [0.29, 0.717) is 0 Å². The van der Waals surface area contributed by atoms with Crippen molar-refractivity contribution in [2.75, 3.05) is 19.8 Å². The Morgan fingerprint density at radius 1 is 1.43 bits per heavy atom. The van der Waals surface area contributed by atoms with Crippen LogP contribution in [-0.2, 0) is 9.47 Å². The maximum atomic E-state index is 5.14. The van der Waals surface area contributed by atoms with E-state index < -0.39 is 0 Å². The van der Waals surface area contributed by atoms with Gasteiger partial charge in [0.1, 0.15) is 4.11 Å². The van der Waals surface area contributed by atoms with Crippen molar-refractivity contribution in [3.63, 3.8) is 0 Å². The van der Waals surface area contributed by atoms with Crippen LogP contribution in [0, 0.1) is 0 Å². The van der Waals surface area contributed by atoms with Crippen LogP contribution in [0.1, 0.15) is 0 Å². The van der Waals surface area contributed by atoms with E-state index in [1.807, 2.05) is 0 Å². The fraction of sp³-hybridized carbons (Fsp3) is 1.00. The Balaban J connectivity index is 2.12. The van der Waals surface area contributed by atoms with Gasteiger partial charge in [-0.15, -0.1) is 0 Å². The molecule has 0 aromatic rings. The van der Waals surface area contributed by atoms with E-state index in [9.17, 15) is 0 Å². The third-order valence-electron chi connectivity index (χ3n) is 0.775. The molecule has 1 unspecified atom stereocenters. The molecule has 1 heterocycles. The SMILES string of the molecule is IC1COCCO1. The van der Waals surface area contributed by atoms with Crippen LogP contribution < -0.4 is 0 Å². The summed E-state index contributed by atoms with van der Waals surface area (Å²) in [6.07, 6.45) is 0. The molecule has 1 fully saturated rings. The van der Waals surface area contributed by atoms with Gasteiger partial charge in [-0.1, -0.05) is 0 Å². The molecule has 1 aliphatic heterocycles. The highest BCUT2D eigenvalue weighted by molar-refractivity contribution is 14.1. The van der Waals surface area contributed by atoms with Gasteiger partial charge in [0.15, 0.2) is 0 Å². The monoisotopic (exact) mass is 214 g/mol. The molecule has 0 spiro atoms. The Hall–Kier alpha value is 0.650. The molecule has 1 aliphatic rings. The minimum atomic E-state index is 0.284. The molecule has 0 bridgehead atoms. The minimum absolute atomic E-state index is 0.284. The second-order valence-corrected chi connectivity index (χ2v) is 2.75. The summed E-state index contributed by atoms with van der Waals surface area (Å²) in [5, 5.41) is 0. The molecular formula is C4H7IO2. The third kappa shape index (κ3) is 1.92. The van der Waals surface area contributed by atoms with Gasteiger partial charge >= 0.3 is 0 Å². The highest BCUT2D eigenvalue weighted by atomic mass is 127. The summed E-state index contributed by atoms with van der Waals surface area (Å²) < 4.78 is 10.5. The Kier molecular flexibility index (Phi) is 2.34. The normalized spacial score (nSPS) is 33.0. The van der Waals surface area contributed by atoms with E-state index in [1.165, 1.54) is 0 Å². The highest BCUT2D eigenvalue weighted by Gasteiger charge is 2.07. The number of hydrogen-bond donors (Lipinski definition) is 0. The molecule has 0 amide bonds. The van der Waals surface area contributed by atoms with Crippen LogP contribution in [0.3, 0.4) is 0 Å². The largest absolute Gasteiger partial charge is 0.376 e. The van der Waals surface area contributed by atoms with Gasteiger partial charge < -0.3 is 9.47 Å². The Bertz CT molecular complexity index is 51.7. The maximum Gasteiger partial charge on any atom is 0.132 e. The topological polar surface area (TPSA) is 18.5 Å². The van der Waals surface area contributed by atoms with Gasteiger partial charge in [0, 0.05) is 0 Å². The van der Waals surface area contributed by atoms with Crippen LogP contribution in [0.25, 0.3) is 0 Å². The Labute approximate surface area is 56.3 Å². The van der Waals surface area contributed by atoms with Crippen LogP contribution in [0.4, 0.5) is 0 Å². The summed E-state index contributed by atoms with van der Waals surface area (Å²) in [4.78, 5) is 0. The molecule has 2 nitrogen and oxygen atoms in total. The van der Waals surface area contributed by atoms with E-state index >= 15 is 0 Å². The first-order valence-electron chi connectivity index (χ1n) is 2.23. The lowest BCUT2D eigenvalue weighted by atomic mass is 10.6. The van der Waals surface area contributed by atoms with Crippen molar-refractivity contribution in [2.24, 2.45) is 0 Å². The number of alkyl halides is 1. The molecule has 0 aromatic carbocycles. The van der Waals surface area contributed by atoms with Crippen LogP contribution in [0.2, 0.25) is 0 Å². The zero-order valence-electron chi connectivity index (χ0n) is 3.89. The number of hydrogen-bond acceptors (Lipinski definition) is 2. The number of rotatable bonds is 0. The van der Waals surface area contributed by atoms with Crippen molar-refractivity contribution in [3.05, 3.63) is 0 Å². The Morgan fingerprint density at radius 2 is 2.29 bits per heavy atom. The van der Waals surface area contributed by atoms with Gasteiger partial charge in [0.25, 0.3) is 0 Å². The van der Waals surface area contributed by atoms with Crippen molar-refractivity contribution in [1.82, 2.24) is 0 Å². The lowest BCUT2D eigenvalue weighted by Gasteiger charge is -2.16. The van der Waals surface area contributed by atoms with Crippen molar-refractivity contribution < 1.29 is 9.47 Å². The predicted octanol–water partition coefficient (Wildman–Crippen LogP) is 0.794. The summed E-state index contributed by atoms with van der Waals surface area (Å²) in [5.41, 5.74) is 0. The number of halogens is 1. The first-order valence-corrected chi connectivity index (χ1v) is 3.47. The average molecular weight is 214 g/mol. The number of ether oxygens (including phenoxy) is 2. The molecule has 42 valence electrons. The highest BCUT2D eigenvalue weighted by Crippen LogP contribution is 2.06. The molecule has 7 heavy (non-hydrogen) atoms. The van der Waals surface area contributed by atoms with Crippen LogP contribution in [0.5, 0.6) is 0 Å². The molecule has 0 saturated carbocycles. The second-order valence-electron chi connectivity index (χ2n) is 1.36. The quantitative estimate of drug-likeness (QED) is 0.438. The summed E-state index contributed by atoms with van der Waals surface area (Å²) in [5.74, 6) is 0. The van der Waals surface area contributed by atoms with Crippen molar-refractivity contribution in [3.8, 4) is 0 Å². The van der Waals surface area contributed by atoms with Gasteiger partial charge in [0.05, 0.1) is 19.8 Å². The molecule has 0 N–H and O–H groups in total.